The van der Waals surface area contributed by atoms with Crippen molar-refractivity contribution in [3.63, 3.8) is 0 Å². The Morgan fingerprint density at radius 1 is 1.47 bits per heavy atom. The summed E-state index contributed by atoms with van der Waals surface area (Å²) in [5, 5.41) is 0. The van der Waals surface area contributed by atoms with Gasteiger partial charge in [-0.3, -0.25) is 0 Å². The molecule has 4 heteroatoms. The highest BCUT2D eigenvalue weighted by Gasteiger charge is 2.31. The van der Waals surface area contributed by atoms with E-state index in [4.69, 9.17) is 15.2 Å². The molecule has 1 aromatic rings. The Balaban J connectivity index is 2.06. The number of ether oxygens (including phenoxy) is 2. The molecule has 2 N–H and O–H groups in total. The minimum atomic E-state index is -0.205. The van der Waals surface area contributed by atoms with Gasteiger partial charge in [0.25, 0.3) is 0 Å². The van der Waals surface area contributed by atoms with Crippen LogP contribution in [-0.4, -0.2) is 23.7 Å². The molecule has 1 atom stereocenters. The van der Waals surface area contributed by atoms with Crippen LogP contribution in [0.5, 0.6) is 11.5 Å². The lowest BCUT2D eigenvalue weighted by Gasteiger charge is -2.36. The van der Waals surface area contributed by atoms with Gasteiger partial charge in [0.05, 0.1) is 6.61 Å². The van der Waals surface area contributed by atoms with Crippen molar-refractivity contribution in [1.29, 1.82) is 0 Å². The van der Waals surface area contributed by atoms with Gasteiger partial charge in [0.15, 0.2) is 0 Å². The second-order valence-electron chi connectivity index (χ2n) is 5.42. The first kappa shape index (κ1) is 14.5. The fourth-order valence-corrected chi connectivity index (χ4v) is 2.83. The minimum absolute atomic E-state index is 0.0449. The van der Waals surface area contributed by atoms with Gasteiger partial charge in [-0.15, -0.1) is 0 Å². The summed E-state index contributed by atoms with van der Waals surface area (Å²) >= 11 is 1.88. The standard InChI is InChI=1S/C15H23NO2S/c1-4-19-8-7-17-11-5-6-12-13(16)10-15(2,3)18-14(12)9-11/h5-6,9,13H,4,7-8,10,16H2,1-3H3. The van der Waals surface area contributed by atoms with E-state index in [1.807, 2.05) is 30.0 Å². The van der Waals surface area contributed by atoms with E-state index < -0.39 is 0 Å². The third-order valence-corrected chi connectivity index (χ3v) is 4.05. The molecule has 0 bridgehead atoms. The average molecular weight is 281 g/mol. The van der Waals surface area contributed by atoms with Gasteiger partial charge < -0.3 is 15.2 Å². The van der Waals surface area contributed by atoms with Crippen LogP contribution in [0.25, 0.3) is 0 Å². The monoisotopic (exact) mass is 281 g/mol. The van der Waals surface area contributed by atoms with E-state index in [1.165, 1.54) is 0 Å². The van der Waals surface area contributed by atoms with Crippen LogP contribution in [0.3, 0.4) is 0 Å². The van der Waals surface area contributed by atoms with Gasteiger partial charge in [-0.25, -0.2) is 0 Å². The van der Waals surface area contributed by atoms with Crippen LogP contribution in [0.1, 0.15) is 38.8 Å². The third kappa shape index (κ3) is 3.80. The van der Waals surface area contributed by atoms with Crippen molar-refractivity contribution in [3.8, 4) is 11.5 Å². The Hall–Kier alpha value is -0.870. The zero-order chi connectivity index (χ0) is 13.9. The van der Waals surface area contributed by atoms with Crippen LogP contribution in [0.15, 0.2) is 18.2 Å². The number of rotatable bonds is 5. The van der Waals surface area contributed by atoms with Gasteiger partial charge in [0.2, 0.25) is 0 Å². The maximum atomic E-state index is 6.19. The van der Waals surface area contributed by atoms with Gasteiger partial charge in [0.1, 0.15) is 17.1 Å². The molecule has 0 spiro atoms. The molecule has 1 heterocycles. The highest BCUT2D eigenvalue weighted by Crippen LogP contribution is 2.39. The Labute approximate surface area is 119 Å². The van der Waals surface area contributed by atoms with Crippen molar-refractivity contribution < 1.29 is 9.47 Å². The van der Waals surface area contributed by atoms with E-state index in [0.29, 0.717) is 0 Å². The smallest absolute Gasteiger partial charge is 0.128 e. The quantitative estimate of drug-likeness (QED) is 0.840. The fraction of sp³-hybridized carbons (Fsp3) is 0.600. The molecule has 1 unspecified atom stereocenters. The van der Waals surface area contributed by atoms with Crippen LogP contribution >= 0.6 is 11.8 Å². The maximum absolute atomic E-state index is 6.19. The topological polar surface area (TPSA) is 44.5 Å². The summed E-state index contributed by atoms with van der Waals surface area (Å²) in [5.41, 5.74) is 7.06. The highest BCUT2D eigenvalue weighted by atomic mass is 32.2. The third-order valence-electron chi connectivity index (χ3n) is 3.18. The van der Waals surface area contributed by atoms with Crippen LogP contribution in [0, 0.1) is 0 Å². The van der Waals surface area contributed by atoms with Crippen molar-refractivity contribution >= 4 is 11.8 Å². The predicted molar refractivity (Wildman–Crippen MR) is 81.2 cm³/mol. The largest absolute Gasteiger partial charge is 0.493 e. The SMILES string of the molecule is CCSCCOc1ccc2c(c1)OC(C)(C)CC2N. The zero-order valence-electron chi connectivity index (χ0n) is 11.9. The summed E-state index contributed by atoms with van der Waals surface area (Å²) in [4.78, 5) is 0. The number of nitrogens with two attached hydrogens (primary N) is 1. The summed E-state index contributed by atoms with van der Waals surface area (Å²) in [6.45, 7) is 7.02. The minimum Gasteiger partial charge on any atom is -0.493 e. The van der Waals surface area contributed by atoms with Crippen LogP contribution in [0.4, 0.5) is 0 Å². The predicted octanol–water partition coefficient (Wildman–Crippen LogP) is 3.38. The van der Waals surface area contributed by atoms with Crippen molar-refractivity contribution in [1.82, 2.24) is 0 Å². The van der Waals surface area contributed by atoms with Gasteiger partial charge in [-0.2, -0.15) is 11.8 Å². The van der Waals surface area contributed by atoms with E-state index in [2.05, 4.69) is 20.8 Å². The van der Waals surface area contributed by atoms with Crippen LogP contribution < -0.4 is 15.2 Å². The normalized spacial score (nSPS) is 20.5. The molecule has 0 saturated carbocycles. The molecule has 3 nitrogen and oxygen atoms in total. The molecule has 0 aromatic heterocycles. The number of benzene rings is 1. The van der Waals surface area contributed by atoms with E-state index in [-0.39, 0.29) is 11.6 Å². The lowest BCUT2D eigenvalue weighted by Crippen LogP contribution is -2.37. The van der Waals surface area contributed by atoms with E-state index in [9.17, 15) is 0 Å². The highest BCUT2D eigenvalue weighted by molar-refractivity contribution is 7.99. The summed E-state index contributed by atoms with van der Waals surface area (Å²) in [6.07, 6.45) is 0.841. The first-order chi connectivity index (χ1) is 9.02. The van der Waals surface area contributed by atoms with Crippen molar-refractivity contribution in [2.45, 2.75) is 38.8 Å². The Morgan fingerprint density at radius 3 is 3.00 bits per heavy atom. The zero-order valence-corrected chi connectivity index (χ0v) is 12.8. The molecule has 1 aromatic carbocycles. The summed E-state index contributed by atoms with van der Waals surface area (Å²) in [6, 6.07) is 6.02. The molecule has 0 radical (unpaired) electrons. The first-order valence-electron chi connectivity index (χ1n) is 6.81. The molecular formula is C15H23NO2S. The second-order valence-corrected chi connectivity index (χ2v) is 6.81. The molecular weight excluding hydrogens is 258 g/mol. The number of hydrogen-bond acceptors (Lipinski definition) is 4. The Morgan fingerprint density at radius 2 is 2.26 bits per heavy atom. The molecule has 0 saturated heterocycles. The summed E-state index contributed by atoms with van der Waals surface area (Å²) in [5.74, 6) is 3.86. The summed E-state index contributed by atoms with van der Waals surface area (Å²) in [7, 11) is 0. The van der Waals surface area contributed by atoms with E-state index in [1.54, 1.807) is 0 Å². The van der Waals surface area contributed by atoms with Gasteiger partial charge in [-0.05, 0) is 25.7 Å². The first-order valence-corrected chi connectivity index (χ1v) is 7.96. The molecule has 19 heavy (non-hydrogen) atoms. The fourth-order valence-electron chi connectivity index (χ4n) is 2.34. The number of thioether (sulfide) groups is 1. The van der Waals surface area contributed by atoms with Crippen LogP contribution in [-0.2, 0) is 0 Å². The number of hydrogen-bond donors (Lipinski definition) is 1. The van der Waals surface area contributed by atoms with Crippen LogP contribution in [0.2, 0.25) is 0 Å². The van der Waals surface area contributed by atoms with Gasteiger partial charge in [-0.1, -0.05) is 13.0 Å². The van der Waals surface area contributed by atoms with Gasteiger partial charge in [0, 0.05) is 29.8 Å². The molecule has 1 aliphatic rings. The second kappa shape index (κ2) is 6.06. The summed E-state index contributed by atoms with van der Waals surface area (Å²) < 4.78 is 11.7. The molecule has 0 fully saturated rings. The van der Waals surface area contributed by atoms with E-state index >= 15 is 0 Å². The number of fused-ring (bicyclic) bond motifs is 1. The molecule has 106 valence electrons. The van der Waals surface area contributed by atoms with E-state index in [0.717, 1.165) is 41.6 Å². The Kier molecular flexibility index (Phi) is 4.63. The van der Waals surface area contributed by atoms with Crippen molar-refractivity contribution in [3.05, 3.63) is 23.8 Å². The lowest BCUT2D eigenvalue weighted by molar-refractivity contribution is 0.0725. The molecule has 0 amide bonds. The van der Waals surface area contributed by atoms with Crippen molar-refractivity contribution in [2.24, 2.45) is 5.73 Å². The van der Waals surface area contributed by atoms with Gasteiger partial charge >= 0.3 is 0 Å². The molecule has 0 aliphatic carbocycles. The van der Waals surface area contributed by atoms with Crippen molar-refractivity contribution in [2.75, 3.05) is 18.1 Å². The average Bonchev–Trinajstić information content (AvgIpc) is 2.32. The lowest BCUT2D eigenvalue weighted by atomic mass is 9.90. The maximum Gasteiger partial charge on any atom is 0.128 e. The molecule has 1 aliphatic heterocycles. The Bertz CT molecular complexity index is 434. The molecule has 2 rings (SSSR count).